The molecule has 0 radical (unpaired) electrons. The highest BCUT2D eigenvalue weighted by Gasteiger charge is 2.38. The Bertz CT molecular complexity index is 788. The molecule has 0 aliphatic rings. The Morgan fingerprint density at radius 2 is 1.08 bits per heavy atom. The fourth-order valence-electron chi connectivity index (χ4n) is 3.68. The quantitative estimate of drug-likeness (QED) is 0.347. The molecule has 0 heteroatoms. The van der Waals surface area contributed by atoms with Crippen molar-refractivity contribution in [2.75, 3.05) is 0 Å². The molecule has 0 aliphatic heterocycles. The molecule has 3 aromatic carbocycles. The van der Waals surface area contributed by atoms with E-state index in [0.717, 1.165) is 0 Å². The van der Waals surface area contributed by atoms with Crippen LogP contribution in [-0.4, -0.2) is 0 Å². The van der Waals surface area contributed by atoms with E-state index < -0.39 is 5.41 Å². The minimum Gasteiger partial charge on any atom is -0.0991 e. The molecule has 128 valence electrons. The van der Waals surface area contributed by atoms with E-state index in [0.29, 0.717) is 0 Å². The van der Waals surface area contributed by atoms with Crippen LogP contribution in [0.2, 0.25) is 0 Å². The van der Waals surface area contributed by atoms with Crippen molar-refractivity contribution in [1.82, 2.24) is 0 Å². The van der Waals surface area contributed by atoms with E-state index in [1.165, 1.54) is 22.3 Å². The lowest BCUT2D eigenvalue weighted by molar-refractivity contribution is 0.743. The average molecular weight is 336 g/mol. The molecule has 0 bridgehead atoms. The Balaban J connectivity index is 2.47. The minimum absolute atomic E-state index is 0.398. The standard InChI is InChI=1S/C26H24/c1-3-14-22(15-4-2)26(23-16-8-5-9-17-23,24-18-10-6-11-19-24)25-20-12-7-13-21-25/h3-21H,1H2,2H3/b15-4-,22-14+. The van der Waals surface area contributed by atoms with E-state index in [-0.39, 0.29) is 0 Å². The molecule has 26 heavy (non-hydrogen) atoms. The van der Waals surface area contributed by atoms with Crippen LogP contribution in [0.15, 0.2) is 127 Å². The van der Waals surface area contributed by atoms with Crippen molar-refractivity contribution in [1.29, 1.82) is 0 Å². The molecule has 0 atom stereocenters. The predicted octanol–water partition coefficient (Wildman–Crippen LogP) is 6.71. The van der Waals surface area contributed by atoms with E-state index in [9.17, 15) is 0 Å². The maximum Gasteiger partial charge on any atom is 0.0701 e. The second kappa shape index (κ2) is 8.31. The zero-order valence-corrected chi connectivity index (χ0v) is 15.2. The summed E-state index contributed by atoms with van der Waals surface area (Å²) >= 11 is 0. The van der Waals surface area contributed by atoms with Crippen LogP contribution in [0.4, 0.5) is 0 Å². The summed E-state index contributed by atoms with van der Waals surface area (Å²) < 4.78 is 0. The summed E-state index contributed by atoms with van der Waals surface area (Å²) in [5, 5.41) is 0. The molecule has 0 nitrogen and oxygen atoms in total. The molecule has 0 saturated carbocycles. The summed E-state index contributed by atoms with van der Waals surface area (Å²) in [4.78, 5) is 0. The molecular formula is C26H24. The fraction of sp³-hybridized carbons (Fsp3) is 0.0769. The van der Waals surface area contributed by atoms with Crippen LogP contribution in [0, 0.1) is 0 Å². The highest BCUT2D eigenvalue weighted by atomic mass is 14.4. The molecular weight excluding hydrogens is 312 g/mol. The molecule has 0 aliphatic carbocycles. The monoisotopic (exact) mass is 336 g/mol. The first-order chi connectivity index (χ1) is 12.8. The fourth-order valence-corrected chi connectivity index (χ4v) is 3.68. The zero-order chi connectivity index (χ0) is 18.2. The van der Waals surface area contributed by atoms with E-state index in [4.69, 9.17) is 0 Å². The third kappa shape index (κ3) is 3.19. The molecule has 3 rings (SSSR count). The van der Waals surface area contributed by atoms with Gasteiger partial charge in [0.25, 0.3) is 0 Å². The van der Waals surface area contributed by atoms with Gasteiger partial charge in [-0.3, -0.25) is 0 Å². The van der Waals surface area contributed by atoms with Gasteiger partial charge in [0.05, 0.1) is 5.41 Å². The predicted molar refractivity (Wildman–Crippen MR) is 112 cm³/mol. The SMILES string of the molecule is C=C/C=C(\C=C/C)C(c1ccccc1)(c1ccccc1)c1ccccc1. The number of benzene rings is 3. The molecule has 0 fully saturated rings. The summed E-state index contributed by atoms with van der Waals surface area (Å²) in [5.74, 6) is 0. The van der Waals surface area contributed by atoms with E-state index in [2.05, 4.69) is 123 Å². The Kier molecular flexibility index (Phi) is 5.66. The van der Waals surface area contributed by atoms with Crippen LogP contribution < -0.4 is 0 Å². The highest BCUT2D eigenvalue weighted by molar-refractivity contribution is 5.61. The molecule has 3 aromatic rings. The number of rotatable bonds is 6. The van der Waals surface area contributed by atoms with Gasteiger partial charge < -0.3 is 0 Å². The van der Waals surface area contributed by atoms with Gasteiger partial charge in [-0.25, -0.2) is 0 Å². The molecule has 0 aromatic heterocycles. The van der Waals surface area contributed by atoms with Crippen LogP contribution in [0.25, 0.3) is 0 Å². The van der Waals surface area contributed by atoms with Crippen molar-refractivity contribution in [2.24, 2.45) is 0 Å². The molecule has 0 amide bonds. The maximum atomic E-state index is 3.97. The maximum absolute atomic E-state index is 3.97. The van der Waals surface area contributed by atoms with E-state index >= 15 is 0 Å². The molecule has 0 unspecified atom stereocenters. The van der Waals surface area contributed by atoms with Gasteiger partial charge in [-0.15, -0.1) is 0 Å². The van der Waals surface area contributed by atoms with Gasteiger partial charge in [-0.05, 0) is 29.2 Å². The van der Waals surface area contributed by atoms with Gasteiger partial charge in [0.1, 0.15) is 0 Å². The Labute approximate surface area is 156 Å². The van der Waals surface area contributed by atoms with Gasteiger partial charge in [-0.1, -0.05) is 122 Å². The van der Waals surface area contributed by atoms with Gasteiger partial charge >= 0.3 is 0 Å². The lowest BCUT2D eigenvalue weighted by Gasteiger charge is -2.37. The summed E-state index contributed by atoms with van der Waals surface area (Å²) in [6.45, 7) is 6.03. The van der Waals surface area contributed by atoms with Crippen LogP contribution >= 0.6 is 0 Å². The van der Waals surface area contributed by atoms with Crippen molar-refractivity contribution in [3.05, 3.63) is 144 Å². The molecule has 0 saturated heterocycles. The number of allylic oxidation sites excluding steroid dienone is 5. The second-order valence-corrected chi connectivity index (χ2v) is 6.21. The lowest BCUT2D eigenvalue weighted by Crippen LogP contribution is -2.31. The normalized spacial score (nSPS) is 12.3. The largest absolute Gasteiger partial charge is 0.0991 e. The Morgan fingerprint density at radius 1 is 0.692 bits per heavy atom. The number of hydrogen-bond donors (Lipinski definition) is 0. The van der Waals surface area contributed by atoms with Crippen molar-refractivity contribution >= 4 is 0 Å². The zero-order valence-electron chi connectivity index (χ0n) is 15.2. The van der Waals surface area contributed by atoms with Crippen molar-refractivity contribution < 1.29 is 0 Å². The van der Waals surface area contributed by atoms with Gasteiger partial charge in [0.2, 0.25) is 0 Å². The van der Waals surface area contributed by atoms with Gasteiger partial charge in [0.15, 0.2) is 0 Å². The summed E-state index contributed by atoms with van der Waals surface area (Å²) in [6, 6.07) is 32.1. The second-order valence-electron chi connectivity index (χ2n) is 6.21. The first-order valence-electron chi connectivity index (χ1n) is 8.96. The van der Waals surface area contributed by atoms with Crippen LogP contribution in [0.3, 0.4) is 0 Å². The summed E-state index contributed by atoms with van der Waals surface area (Å²) in [5.41, 5.74) is 4.51. The number of hydrogen-bond acceptors (Lipinski definition) is 0. The van der Waals surface area contributed by atoms with Crippen molar-refractivity contribution in [2.45, 2.75) is 12.3 Å². The molecule has 0 N–H and O–H groups in total. The molecule has 0 heterocycles. The highest BCUT2D eigenvalue weighted by Crippen LogP contribution is 2.45. The van der Waals surface area contributed by atoms with E-state index in [1.807, 2.05) is 6.08 Å². The molecule has 0 spiro atoms. The smallest absolute Gasteiger partial charge is 0.0701 e. The third-order valence-corrected chi connectivity index (χ3v) is 4.70. The average Bonchev–Trinajstić information content (AvgIpc) is 2.71. The van der Waals surface area contributed by atoms with Gasteiger partial charge in [-0.2, -0.15) is 0 Å². The van der Waals surface area contributed by atoms with Crippen LogP contribution in [-0.2, 0) is 5.41 Å². The summed E-state index contributed by atoms with van der Waals surface area (Å²) in [7, 11) is 0. The first kappa shape index (κ1) is 17.7. The Morgan fingerprint density at radius 3 is 1.38 bits per heavy atom. The van der Waals surface area contributed by atoms with Crippen molar-refractivity contribution in [3.8, 4) is 0 Å². The first-order valence-corrected chi connectivity index (χ1v) is 8.96. The lowest BCUT2D eigenvalue weighted by atomic mass is 9.64. The van der Waals surface area contributed by atoms with Gasteiger partial charge in [0, 0.05) is 0 Å². The minimum atomic E-state index is -0.398. The Hall–Kier alpha value is -3.12. The topological polar surface area (TPSA) is 0 Å². The van der Waals surface area contributed by atoms with E-state index in [1.54, 1.807) is 0 Å². The summed E-state index contributed by atoms with van der Waals surface area (Å²) in [6.07, 6.45) is 8.28. The van der Waals surface area contributed by atoms with Crippen molar-refractivity contribution in [3.63, 3.8) is 0 Å². The third-order valence-electron chi connectivity index (χ3n) is 4.70. The van der Waals surface area contributed by atoms with Crippen LogP contribution in [0.1, 0.15) is 23.6 Å². The van der Waals surface area contributed by atoms with Crippen LogP contribution in [0.5, 0.6) is 0 Å².